The topological polar surface area (TPSA) is 80.4 Å². The molecule has 6 heteroatoms. The van der Waals surface area contributed by atoms with Crippen LogP contribution in [0.25, 0.3) is 0 Å². The van der Waals surface area contributed by atoms with Crippen LogP contribution in [0, 0.1) is 0 Å². The fourth-order valence-electron chi connectivity index (χ4n) is 1.08. The lowest BCUT2D eigenvalue weighted by atomic mass is 10.1. The molecule has 15 heavy (non-hydrogen) atoms. The third-order valence-corrected chi connectivity index (χ3v) is 4.22. The van der Waals surface area contributed by atoms with Gasteiger partial charge in [-0.2, -0.15) is 0 Å². The molecule has 0 saturated heterocycles. The monoisotopic (exact) mass is 249 g/mol. The molecule has 0 radical (unpaired) electrons. The zero-order chi connectivity index (χ0) is 11.6. The maximum Gasteiger partial charge on any atom is 0.167 e. The van der Waals surface area contributed by atoms with E-state index in [1.165, 1.54) is 0 Å². The van der Waals surface area contributed by atoms with Crippen LogP contribution in [0.5, 0.6) is 0 Å². The lowest BCUT2D eigenvalue weighted by Gasteiger charge is -2.15. The maximum absolute atomic E-state index is 11.1. The zero-order valence-electron chi connectivity index (χ0n) is 8.09. The molecule has 2 atom stereocenters. The molecule has 0 aliphatic heterocycles. The Morgan fingerprint density at radius 2 is 1.80 bits per heavy atom. The summed E-state index contributed by atoms with van der Waals surface area (Å²) in [4.78, 5) is 0. The highest BCUT2D eigenvalue weighted by atomic mass is 35.5. The minimum Gasteiger partial charge on any atom is -0.399 e. The van der Waals surface area contributed by atoms with E-state index in [4.69, 9.17) is 17.3 Å². The number of nitrogen functional groups attached to an aromatic ring is 1. The number of sulfone groups is 1. The Morgan fingerprint density at radius 1 is 1.33 bits per heavy atom. The molecule has 0 heterocycles. The molecule has 0 aliphatic carbocycles. The van der Waals surface area contributed by atoms with Crippen molar-refractivity contribution in [2.75, 3.05) is 12.0 Å². The molecular weight excluding hydrogens is 238 g/mol. The van der Waals surface area contributed by atoms with Gasteiger partial charge in [0.1, 0.15) is 6.10 Å². The maximum atomic E-state index is 11.1. The van der Waals surface area contributed by atoms with Gasteiger partial charge in [0, 0.05) is 11.9 Å². The highest BCUT2D eigenvalue weighted by Crippen LogP contribution is 2.25. The molecule has 3 N–H and O–H groups in total. The van der Waals surface area contributed by atoms with Crippen LogP contribution in [0.15, 0.2) is 24.3 Å². The summed E-state index contributed by atoms with van der Waals surface area (Å²) in [5.74, 6) is 0. The normalized spacial score (nSPS) is 15.9. The average molecular weight is 250 g/mol. The van der Waals surface area contributed by atoms with Crippen molar-refractivity contribution in [3.63, 3.8) is 0 Å². The van der Waals surface area contributed by atoms with Gasteiger partial charge in [-0.1, -0.05) is 12.1 Å². The summed E-state index contributed by atoms with van der Waals surface area (Å²) < 4.78 is 20.8. The summed E-state index contributed by atoms with van der Waals surface area (Å²) >= 11 is 5.61. The first-order valence-corrected chi connectivity index (χ1v) is 6.58. The molecule has 1 aromatic carbocycles. The van der Waals surface area contributed by atoms with E-state index in [2.05, 4.69) is 0 Å². The lowest BCUT2D eigenvalue weighted by Crippen LogP contribution is -2.21. The molecular formula is C9H12ClNO3S. The highest BCUT2D eigenvalue weighted by Gasteiger charge is 2.27. The number of hydrogen-bond acceptors (Lipinski definition) is 4. The smallest absolute Gasteiger partial charge is 0.167 e. The molecule has 0 saturated carbocycles. The minimum atomic E-state index is -3.48. The number of aliphatic hydroxyl groups is 1. The van der Waals surface area contributed by atoms with Gasteiger partial charge in [0.05, 0.1) is 0 Å². The Labute approximate surface area is 93.6 Å². The second kappa shape index (κ2) is 4.38. The first-order valence-electron chi connectivity index (χ1n) is 4.19. The molecule has 0 spiro atoms. The van der Waals surface area contributed by atoms with E-state index in [1.807, 2.05) is 0 Å². The predicted octanol–water partition coefficient (Wildman–Crippen LogP) is 0.912. The van der Waals surface area contributed by atoms with Crippen LogP contribution in [0.4, 0.5) is 5.69 Å². The third-order valence-electron chi connectivity index (χ3n) is 1.94. The van der Waals surface area contributed by atoms with Crippen molar-refractivity contribution >= 4 is 27.1 Å². The van der Waals surface area contributed by atoms with Crippen molar-refractivity contribution in [1.82, 2.24) is 0 Å². The third kappa shape index (κ3) is 3.09. The van der Waals surface area contributed by atoms with Crippen molar-refractivity contribution in [3.8, 4) is 0 Å². The summed E-state index contributed by atoms with van der Waals surface area (Å²) in [5.41, 5.74) is 6.42. The molecule has 0 amide bonds. The number of anilines is 1. The zero-order valence-corrected chi connectivity index (χ0v) is 9.66. The van der Waals surface area contributed by atoms with E-state index in [1.54, 1.807) is 24.3 Å². The molecule has 0 aromatic heterocycles. The van der Waals surface area contributed by atoms with Crippen molar-refractivity contribution in [2.45, 2.75) is 10.8 Å². The van der Waals surface area contributed by atoms with Crippen LogP contribution in [0.2, 0.25) is 0 Å². The number of nitrogens with two attached hydrogens (primary N) is 1. The largest absolute Gasteiger partial charge is 0.399 e. The Morgan fingerprint density at radius 3 is 2.20 bits per heavy atom. The summed E-state index contributed by atoms with van der Waals surface area (Å²) in [7, 11) is -3.48. The van der Waals surface area contributed by atoms with Gasteiger partial charge < -0.3 is 10.8 Å². The molecule has 0 fully saturated rings. The van der Waals surface area contributed by atoms with Gasteiger partial charge in [0.2, 0.25) is 0 Å². The van der Waals surface area contributed by atoms with E-state index in [-0.39, 0.29) is 0 Å². The Hall–Kier alpha value is -0.780. The van der Waals surface area contributed by atoms with Gasteiger partial charge in [0.15, 0.2) is 14.5 Å². The van der Waals surface area contributed by atoms with Crippen LogP contribution in [-0.4, -0.2) is 24.5 Å². The van der Waals surface area contributed by atoms with Gasteiger partial charge in [0.25, 0.3) is 0 Å². The quantitative estimate of drug-likeness (QED) is 0.616. The highest BCUT2D eigenvalue weighted by molar-refractivity contribution is 7.92. The molecule has 0 bridgehead atoms. The van der Waals surface area contributed by atoms with Gasteiger partial charge in [-0.25, -0.2) is 8.42 Å². The number of aliphatic hydroxyl groups excluding tert-OH is 1. The number of hydrogen-bond donors (Lipinski definition) is 2. The number of halogens is 1. The van der Waals surface area contributed by atoms with Gasteiger partial charge in [-0.05, 0) is 17.7 Å². The molecule has 84 valence electrons. The summed E-state index contributed by atoms with van der Waals surface area (Å²) in [5, 5.41) is 9.66. The average Bonchev–Trinajstić information content (AvgIpc) is 2.15. The van der Waals surface area contributed by atoms with Crippen molar-refractivity contribution in [3.05, 3.63) is 29.8 Å². The molecule has 1 aromatic rings. The van der Waals surface area contributed by atoms with Crippen molar-refractivity contribution < 1.29 is 13.5 Å². The van der Waals surface area contributed by atoms with E-state index in [0.717, 1.165) is 6.26 Å². The fraction of sp³-hybridized carbons (Fsp3) is 0.333. The van der Waals surface area contributed by atoms with Crippen LogP contribution in [0.3, 0.4) is 0 Å². The van der Waals surface area contributed by atoms with Crippen LogP contribution in [-0.2, 0) is 9.84 Å². The molecule has 1 rings (SSSR count). The second-order valence-electron chi connectivity index (χ2n) is 3.29. The number of benzene rings is 1. The standard InChI is InChI=1S/C9H12ClNO3S/c1-15(13,14)9(10)8(12)6-2-4-7(11)5-3-6/h2-5,8-9,12H,11H2,1H3. The van der Waals surface area contributed by atoms with Crippen LogP contribution in [0.1, 0.15) is 11.7 Å². The lowest BCUT2D eigenvalue weighted by molar-refractivity contribution is 0.192. The molecule has 0 aliphatic rings. The van der Waals surface area contributed by atoms with E-state index in [0.29, 0.717) is 11.3 Å². The second-order valence-corrected chi connectivity index (χ2v) is 6.19. The molecule has 4 nitrogen and oxygen atoms in total. The van der Waals surface area contributed by atoms with E-state index >= 15 is 0 Å². The first-order chi connectivity index (χ1) is 6.82. The van der Waals surface area contributed by atoms with Gasteiger partial charge in [-0.3, -0.25) is 0 Å². The number of alkyl halides is 1. The first kappa shape index (κ1) is 12.3. The minimum absolute atomic E-state index is 0.426. The number of rotatable bonds is 3. The molecule has 2 unspecified atom stereocenters. The van der Waals surface area contributed by atoms with Gasteiger partial charge in [-0.15, -0.1) is 11.6 Å². The van der Waals surface area contributed by atoms with E-state index in [9.17, 15) is 13.5 Å². The fourth-order valence-corrected chi connectivity index (χ4v) is 1.85. The van der Waals surface area contributed by atoms with Crippen molar-refractivity contribution in [2.24, 2.45) is 0 Å². The summed E-state index contributed by atoms with van der Waals surface area (Å²) in [6.07, 6.45) is -0.271. The van der Waals surface area contributed by atoms with E-state index < -0.39 is 20.7 Å². The van der Waals surface area contributed by atoms with Gasteiger partial charge >= 0.3 is 0 Å². The summed E-state index contributed by atoms with van der Waals surface area (Å²) in [6.45, 7) is 0. The van der Waals surface area contributed by atoms with Crippen LogP contribution >= 0.6 is 11.6 Å². The van der Waals surface area contributed by atoms with Crippen molar-refractivity contribution in [1.29, 1.82) is 0 Å². The Bertz CT molecular complexity index is 429. The summed E-state index contributed by atoms with van der Waals surface area (Å²) in [6, 6.07) is 6.23. The Balaban J connectivity index is 2.95. The predicted molar refractivity (Wildman–Crippen MR) is 60.3 cm³/mol. The Kier molecular flexibility index (Phi) is 3.59. The van der Waals surface area contributed by atoms with Crippen LogP contribution < -0.4 is 5.73 Å². The SMILES string of the molecule is CS(=O)(=O)C(Cl)C(O)c1ccc(N)cc1.